The summed E-state index contributed by atoms with van der Waals surface area (Å²) in [5.74, 6) is 0. The molecule has 2 bridgehead atoms. The number of hydrogen-bond donors (Lipinski definition) is 3. The van der Waals surface area contributed by atoms with Gasteiger partial charge in [0.15, 0.2) is 5.11 Å². The number of hydrogen-bond acceptors (Lipinski definition) is 1. The molecule has 0 spiro atoms. The average molecular weight is 387 g/mol. The highest BCUT2D eigenvalue weighted by atomic mass is 32.1. The molecule has 1 aromatic rings. The molecule has 0 amide bonds. The molecule has 1 aliphatic carbocycles. The molecule has 0 radical (unpaired) electrons. The van der Waals surface area contributed by atoms with E-state index >= 15 is 0 Å². The second-order valence-corrected chi connectivity index (χ2v) is 9.39. The highest BCUT2D eigenvalue weighted by Crippen LogP contribution is 2.26. The Labute approximate surface area is 170 Å². The summed E-state index contributed by atoms with van der Waals surface area (Å²) in [6.07, 6.45) is 15.2. The average Bonchev–Trinajstić information content (AvgIpc) is 2.68. The molecular weight excluding hydrogens is 350 g/mol. The van der Waals surface area contributed by atoms with E-state index in [9.17, 15) is 0 Å². The van der Waals surface area contributed by atoms with Crippen LogP contribution in [0.3, 0.4) is 0 Å². The number of fused-ring (bicyclic) bond motifs is 2. The fourth-order valence-corrected chi connectivity index (χ4v) is 6.25. The van der Waals surface area contributed by atoms with Crippen molar-refractivity contribution in [2.24, 2.45) is 0 Å². The van der Waals surface area contributed by atoms with Crippen LogP contribution in [0.1, 0.15) is 76.7 Å². The summed E-state index contributed by atoms with van der Waals surface area (Å²) in [6, 6.07) is 11.8. The summed E-state index contributed by atoms with van der Waals surface area (Å²) in [7, 11) is 0. The van der Waals surface area contributed by atoms with Crippen LogP contribution in [0, 0.1) is 0 Å². The summed E-state index contributed by atoms with van der Waals surface area (Å²) in [6.45, 7) is 2.19. The van der Waals surface area contributed by atoms with Crippen molar-refractivity contribution < 1.29 is 4.90 Å². The SMILES string of the molecule is CCc1ccc(NC(=S)NC2C[C@H]3CCC[C@H](C2)[NH+]3C2CCCCC2)cc1. The zero-order chi connectivity index (χ0) is 18.6. The maximum Gasteiger partial charge on any atom is 0.171 e. The van der Waals surface area contributed by atoms with Crippen molar-refractivity contribution >= 4 is 23.0 Å². The van der Waals surface area contributed by atoms with E-state index in [1.807, 2.05) is 4.90 Å². The van der Waals surface area contributed by atoms with Gasteiger partial charge < -0.3 is 15.5 Å². The van der Waals surface area contributed by atoms with Gasteiger partial charge in [-0.15, -0.1) is 0 Å². The first-order valence-corrected chi connectivity index (χ1v) is 11.7. The maximum absolute atomic E-state index is 5.64. The van der Waals surface area contributed by atoms with Crippen molar-refractivity contribution in [1.82, 2.24) is 5.32 Å². The third-order valence-corrected chi connectivity index (χ3v) is 7.44. The monoisotopic (exact) mass is 386 g/mol. The number of anilines is 1. The lowest BCUT2D eigenvalue weighted by atomic mass is 9.78. The van der Waals surface area contributed by atoms with Gasteiger partial charge in [-0.25, -0.2) is 0 Å². The normalized spacial score (nSPS) is 31.3. The zero-order valence-electron chi connectivity index (χ0n) is 16.8. The van der Waals surface area contributed by atoms with Crippen LogP contribution in [0.25, 0.3) is 0 Å². The highest BCUT2D eigenvalue weighted by Gasteiger charge is 2.45. The lowest BCUT2D eigenvalue weighted by molar-refractivity contribution is -0.984. The van der Waals surface area contributed by atoms with E-state index < -0.39 is 0 Å². The van der Waals surface area contributed by atoms with E-state index in [0.29, 0.717) is 6.04 Å². The van der Waals surface area contributed by atoms with E-state index in [1.165, 1.54) is 69.8 Å². The molecule has 1 saturated carbocycles. The van der Waals surface area contributed by atoms with E-state index in [0.717, 1.165) is 35.3 Å². The van der Waals surface area contributed by atoms with Gasteiger partial charge in [0.05, 0.1) is 18.1 Å². The van der Waals surface area contributed by atoms with Crippen molar-refractivity contribution in [2.45, 2.75) is 102 Å². The van der Waals surface area contributed by atoms with Crippen LogP contribution >= 0.6 is 12.2 Å². The number of rotatable bonds is 4. The summed E-state index contributed by atoms with van der Waals surface area (Å²) in [4.78, 5) is 1.98. The van der Waals surface area contributed by atoms with Crippen molar-refractivity contribution in [1.29, 1.82) is 0 Å². The predicted octanol–water partition coefficient (Wildman–Crippen LogP) is 3.84. The molecule has 148 valence electrons. The van der Waals surface area contributed by atoms with Crippen LogP contribution in [-0.2, 0) is 6.42 Å². The quantitative estimate of drug-likeness (QED) is 0.687. The zero-order valence-corrected chi connectivity index (χ0v) is 17.6. The first-order chi connectivity index (χ1) is 13.2. The van der Waals surface area contributed by atoms with Crippen LogP contribution < -0.4 is 15.5 Å². The third kappa shape index (κ3) is 4.65. The minimum atomic E-state index is 0.544. The number of benzene rings is 1. The molecule has 2 atom stereocenters. The van der Waals surface area contributed by atoms with Crippen molar-refractivity contribution in [3.05, 3.63) is 29.8 Å². The van der Waals surface area contributed by atoms with Gasteiger partial charge in [-0.2, -0.15) is 0 Å². The van der Waals surface area contributed by atoms with E-state index in [2.05, 4.69) is 41.8 Å². The standard InChI is InChI=1S/C23H35N3S/c1-2-17-11-13-18(14-12-17)24-23(27)25-19-15-21-9-6-10-22(16-19)26(21)20-7-4-3-5-8-20/h11-14,19-22H,2-10,15-16H2,1H3,(H2,24,25,27)/p+1/t21-,22-/m1/s1. The van der Waals surface area contributed by atoms with Crippen LogP contribution in [0.5, 0.6) is 0 Å². The van der Waals surface area contributed by atoms with Gasteiger partial charge in [-0.3, -0.25) is 0 Å². The van der Waals surface area contributed by atoms with E-state index in [4.69, 9.17) is 12.2 Å². The smallest absolute Gasteiger partial charge is 0.171 e. The van der Waals surface area contributed by atoms with Gasteiger partial charge in [0.2, 0.25) is 0 Å². The number of piperidine rings is 2. The lowest BCUT2D eigenvalue weighted by Gasteiger charge is -2.50. The van der Waals surface area contributed by atoms with Crippen molar-refractivity contribution in [2.75, 3.05) is 5.32 Å². The van der Waals surface area contributed by atoms with Crippen molar-refractivity contribution in [3.63, 3.8) is 0 Å². The van der Waals surface area contributed by atoms with Crippen LogP contribution in [0.4, 0.5) is 5.69 Å². The number of nitrogens with one attached hydrogen (secondary N) is 3. The van der Waals surface area contributed by atoms with Crippen LogP contribution in [0.15, 0.2) is 24.3 Å². The summed E-state index contributed by atoms with van der Waals surface area (Å²) >= 11 is 5.64. The number of quaternary nitrogens is 1. The third-order valence-electron chi connectivity index (χ3n) is 7.22. The Balaban J connectivity index is 1.33. The highest BCUT2D eigenvalue weighted by molar-refractivity contribution is 7.80. The second kappa shape index (κ2) is 8.91. The summed E-state index contributed by atoms with van der Waals surface area (Å²) in [5, 5.41) is 7.84. The topological polar surface area (TPSA) is 28.5 Å². The Morgan fingerprint density at radius 2 is 1.56 bits per heavy atom. The van der Waals surface area contributed by atoms with Crippen LogP contribution in [0.2, 0.25) is 0 Å². The van der Waals surface area contributed by atoms with Crippen LogP contribution in [-0.4, -0.2) is 29.3 Å². The molecule has 0 unspecified atom stereocenters. The number of thiocarbonyl (C=S) groups is 1. The Bertz CT molecular complexity index is 609. The summed E-state index contributed by atoms with van der Waals surface area (Å²) in [5.41, 5.74) is 2.46. The molecule has 4 heteroatoms. The van der Waals surface area contributed by atoms with E-state index in [1.54, 1.807) is 0 Å². The Morgan fingerprint density at radius 3 is 2.19 bits per heavy atom. The lowest BCUT2D eigenvalue weighted by Crippen LogP contribution is -3.24. The van der Waals surface area contributed by atoms with Gasteiger partial charge in [-0.05, 0) is 81.3 Å². The van der Waals surface area contributed by atoms with Gasteiger partial charge in [-0.1, -0.05) is 25.5 Å². The second-order valence-electron chi connectivity index (χ2n) is 8.98. The molecule has 0 aromatic heterocycles. The Morgan fingerprint density at radius 1 is 0.926 bits per heavy atom. The van der Waals surface area contributed by atoms with Crippen molar-refractivity contribution in [3.8, 4) is 0 Å². The Hall–Kier alpha value is -1.13. The first-order valence-electron chi connectivity index (χ1n) is 11.3. The van der Waals surface area contributed by atoms with E-state index in [-0.39, 0.29) is 0 Å². The predicted molar refractivity (Wildman–Crippen MR) is 117 cm³/mol. The molecule has 2 saturated heterocycles. The molecule has 3 aliphatic rings. The van der Waals surface area contributed by atoms with Gasteiger partial charge in [0.25, 0.3) is 0 Å². The molecule has 4 rings (SSSR count). The summed E-state index contributed by atoms with van der Waals surface area (Å²) < 4.78 is 0. The fourth-order valence-electron chi connectivity index (χ4n) is 5.97. The fraction of sp³-hybridized carbons (Fsp3) is 0.696. The Kier molecular flexibility index (Phi) is 6.34. The molecule has 27 heavy (non-hydrogen) atoms. The molecule has 2 heterocycles. The minimum Gasteiger partial charge on any atom is -0.359 e. The number of aryl methyl sites for hydroxylation is 1. The first kappa shape index (κ1) is 19.2. The molecular formula is C23H36N3S+. The van der Waals surface area contributed by atoms with Gasteiger partial charge >= 0.3 is 0 Å². The molecule has 3 fully saturated rings. The molecule has 2 aliphatic heterocycles. The maximum atomic E-state index is 5.64. The largest absolute Gasteiger partial charge is 0.359 e. The molecule has 3 N–H and O–H groups in total. The molecule has 3 nitrogen and oxygen atoms in total. The minimum absolute atomic E-state index is 0.544. The molecule has 1 aromatic carbocycles. The van der Waals surface area contributed by atoms with Gasteiger partial charge in [0, 0.05) is 24.6 Å². The van der Waals surface area contributed by atoms with Gasteiger partial charge in [0.1, 0.15) is 0 Å².